The average Bonchev–Trinajstić information content (AvgIpc) is 2.15. The molecule has 2 atom stereocenters. The number of nitrogens with zero attached hydrogens (tertiary/aromatic N) is 1. The van der Waals surface area contributed by atoms with Gasteiger partial charge in [0.05, 0.1) is 11.5 Å². The van der Waals surface area contributed by atoms with E-state index in [1.54, 1.807) is 26.7 Å². The molecule has 6 nitrogen and oxygen atoms in total. The van der Waals surface area contributed by atoms with Crippen LogP contribution in [-0.4, -0.2) is 45.4 Å². The molecule has 1 fully saturated rings. The number of hydrogen-bond acceptors (Lipinski definition) is 5. The Balaban J connectivity index is 2.87. The number of carbonyl (C=O) groups excluding carboxylic acids is 1. The molecule has 0 aromatic rings. The van der Waals surface area contributed by atoms with Gasteiger partial charge in [0.1, 0.15) is 6.10 Å². The van der Waals surface area contributed by atoms with Crippen LogP contribution in [0.1, 0.15) is 27.2 Å². The first-order chi connectivity index (χ1) is 7.76. The van der Waals surface area contributed by atoms with Crippen molar-refractivity contribution in [2.75, 3.05) is 6.54 Å². The number of hydroxylamine groups is 2. The Morgan fingerprint density at radius 1 is 1.53 bits per heavy atom. The molecule has 1 rings (SSSR count). The molecule has 0 bridgehead atoms. The fourth-order valence-corrected chi connectivity index (χ4v) is 1.67. The van der Waals surface area contributed by atoms with Gasteiger partial charge in [-0.05, 0) is 27.2 Å². The molecule has 1 aliphatic rings. The molecular formula is C11H17NO5. The monoisotopic (exact) mass is 243 g/mol. The zero-order valence-electron chi connectivity index (χ0n) is 10.1. The first-order valence-electron chi connectivity index (χ1n) is 5.39. The second kappa shape index (κ2) is 4.87. The van der Waals surface area contributed by atoms with E-state index in [-0.39, 0.29) is 18.7 Å². The minimum absolute atomic E-state index is 0.154. The molecule has 0 aliphatic carbocycles. The van der Waals surface area contributed by atoms with Crippen molar-refractivity contribution >= 4 is 11.9 Å². The Kier molecular flexibility index (Phi) is 3.93. The van der Waals surface area contributed by atoms with Gasteiger partial charge in [-0.3, -0.25) is 9.63 Å². The van der Waals surface area contributed by atoms with Crippen molar-refractivity contribution in [3.8, 4) is 0 Å². The minimum Gasteiger partial charge on any atom is -0.481 e. The molecule has 0 unspecified atom stereocenters. The Morgan fingerprint density at radius 3 is 2.53 bits per heavy atom. The van der Waals surface area contributed by atoms with E-state index in [4.69, 9.17) is 9.94 Å². The normalized spacial score (nSPS) is 25.6. The predicted octanol–water partition coefficient (Wildman–Crippen LogP) is 0.199. The van der Waals surface area contributed by atoms with Crippen molar-refractivity contribution in [3.63, 3.8) is 0 Å². The first-order valence-corrected chi connectivity index (χ1v) is 5.39. The Hall–Kier alpha value is -1.36. The molecule has 96 valence electrons. The number of hydrogen-bond donors (Lipinski definition) is 2. The predicted molar refractivity (Wildman–Crippen MR) is 58.5 cm³/mol. The lowest BCUT2D eigenvalue weighted by atomic mass is 9.93. The number of piperidine rings is 1. The largest absolute Gasteiger partial charge is 0.481 e. The van der Waals surface area contributed by atoms with Crippen LogP contribution in [-0.2, 0) is 14.4 Å². The fraction of sp³-hybridized carbons (Fsp3) is 0.727. The summed E-state index contributed by atoms with van der Waals surface area (Å²) >= 11 is 0. The number of rotatable bonds is 2. The summed E-state index contributed by atoms with van der Waals surface area (Å²) in [5.74, 6) is -0.539. The van der Waals surface area contributed by atoms with Crippen LogP contribution in [0.5, 0.6) is 0 Å². The zero-order valence-corrected chi connectivity index (χ0v) is 10.1. The van der Waals surface area contributed by atoms with Gasteiger partial charge in [-0.1, -0.05) is 0 Å². The molecule has 17 heavy (non-hydrogen) atoms. The van der Waals surface area contributed by atoms with Crippen molar-refractivity contribution in [1.29, 1.82) is 0 Å². The standard InChI is InChI=1S/C11H17NO5/c1-11(2,3)17-12-5-4-7(10(15)16)9(14)8(12)6-13/h7,9,14H,4-5H2,1-3H3,(H,15,16)/t7-,9-/m1/s1. The van der Waals surface area contributed by atoms with Crippen molar-refractivity contribution in [2.24, 2.45) is 5.92 Å². The van der Waals surface area contributed by atoms with Gasteiger partial charge >= 0.3 is 5.97 Å². The lowest BCUT2D eigenvalue weighted by Gasteiger charge is -2.38. The highest BCUT2D eigenvalue weighted by Crippen LogP contribution is 2.27. The third-order valence-electron chi connectivity index (χ3n) is 2.38. The average molecular weight is 243 g/mol. The van der Waals surface area contributed by atoms with Crippen LogP contribution in [0, 0.1) is 5.92 Å². The summed E-state index contributed by atoms with van der Waals surface area (Å²) in [6.45, 7) is 5.64. The number of carbonyl (C=O) groups is 1. The topological polar surface area (TPSA) is 87.1 Å². The summed E-state index contributed by atoms with van der Waals surface area (Å²) in [4.78, 5) is 27.1. The third kappa shape index (κ3) is 3.30. The van der Waals surface area contributed by atoms with E-state index in [0.29, 0.717) is 0 Å². The molecule has 0 spiro atoms. The molecule has 1 aliphatic heterocycles. The highest BCUT2D eigenvalue weighted by molar-refractivity contribution is 5.72. The number of aliphatic hydroxyl groups is 1. The smallest absolute Gasteiger partial charge is 0.309 e. The maximum absolute atomic E-state index is 10.9. The summed E-state index contributed by atoms with van der Waals surface area (Å²) in [5, 5.41) is 19.9. The Bertz CT molecular complexity index is 353. The molecule has 0 saturated carbocycles. The minimum atomic E-state index is -1.37. The summed E-state index contributed by atoms with van der Waals surface area (Å²) in [6.07, 6.45) is -1.15. The molecule has 0 radical (unpaired) electrons. The van der Waals surface area contributed by atoms with E-state index >= 15 is 0 Å². The highest BCUT2D eigenvalue weighted by atomic mass is 16.7. The SMILES string of the molecule is CC(C)(C)ON1CC[C@@H](C(=O)O)[C@@H](O)C1=C=O. The van der Waals surface area contributed by atoms with Crippen LogP contribution >= 0.6 is 0 Å². The number of aliphatic carboxylic acids is 1. The Labute approximate surface area is 99.4 Å². The number of aliphatic hydroxyl groups excluding tert-OH is 1. The third-order valence-corrected chi connectivity index (χ3v) is 2.38. The molecule has 0 aromatic carbocycles. The summed E-state index contributed by atoms with van der Waals surface area (Å²) < 4.78 is 0. The molecular weight excluding hydrogens is 226 g/mol. The van der Waals surface area contributed by atoms with Gasteiger partial charge in [0.15, 0.2) is 11.6 Å². The fourth-order valence-electron chi connectivity index (χ4n) is 1.67. The second-order valence-corrected chi connectivity index (χ2v) is 4.97. The van der Waals surface area contributed by atoms with E-state index < -0.39 is 23.6 Å². The summed E-state index contributed by atoms with van der Waals surface area (Å²) in [6, 6.07) is 0. The zero-order chi connectivity index (χ0) is 13.2. The van der Waals surface area contributed by atoms with Gasteiger partial charge in [-0.2, -0.15) is 0 Å². The van der Waals surface area contributed by atoms with Crippen LogP contribution in [0.15, 0.2) is 5.70 Å². The van der Waals surface area contributed by atoms with E-state index in [1.807, 2.05) is 0 Å². The van der Waals surface area contributed by atoms with Crippen LogP contribution < -0.4 is 0 Å². The molecule has 0 aromatic heterocycles. The molecule has 1 saturated heterocycles. The van der Waals surface area contributed by atoms with Gasteiger partial charge in [0.2, 0.25) is 0 Å². The molecule has 0 amide bonds. The van der Waals surface area contributed by atoms with E-state index in [9.17, 15) is 14.7 Å². The van der Waals surface area contributed by atoms with Gasteiger partial charge in [-0.25, -0.2) is 9.86 Å². The lowest BCUT2D eigenvalue weighted by Crippen LogP contribution is -2.47. The molecule has 1 heterocycles. The van der Waals surface area contributed by atoms with Gasteiger partial charge < -0.3 is 10.2 Å². The van der Waals surface area contributed by atoms with Crippen molar-refractivity contribution in [2.45, 2.75) is 38.9 Å². The second-order valence-electron chi connectivity index (χ2n) is 4.97. The number of carboxylic acid groups (broad SMARTS) is 1. The lowest BCUT2D eigenvalue weighted by molar-refractivity contribution is -0.226. The van der Waals surface area contributed by atoms with Crippen LogP contribution in [0.2, 0.25) is 0 Å². The highest BCUT2D eigenvalue weighted by Gasteiger charge is 2.39. The van der Waals surface area contributed by atoms with E-state index in [0.717, 1.165) is 0 Å². The maximum Gasteiger partial charge on any atom is 0.309 e. The van der Waals surface area contributed by atoms with Gasteiger partial charge in [0.25, 0.3) is 0 Å². The molecule has 2 N–H and O–H groups in total. The van der Waals surface area contributed by atoms with Gasteiger partial charge in [-0.15, -0.1) is 0 Å². The summed E-state index contributed by atoms with van der Waals surface area (Å²) in [5.41, 5.74) is -0.684. The van der Waals surface area contributed by atoms with Crippen LogP contribution in [0.25, 0.3) is 0 Å². The first kappa shape index (κ1) is 13.7. The summed E-state index contributed by atoms with van der Waals surface area (Å²) in [7, 11) is 0. The van der Waals surface area contributed by atoms with Crippen molar-refractivity contribution in [3.05, 3.63) is 5.70 Å². The van der Waals surface area contributed by atoms with Crippen LogP contribution in [0.3, 0.4) is 0 Å². The quantitative estimate of drug-likeness (QED) is 0.674. The van der Waals surface area contributed by atoms with E-state index in [2.05, 4.69) is 0 Å². The molecule has 6 heteroatoms. The maximum atomic E-state index is 10.9. The number of carboxylic acids is 1. The van der Waals surface area contributed by atoms with Gasteiger partial charge in [0, 0.05) is 6.54 Å². The van der Waals surface area contributed by atoms with E-state index in [1.165, 1.54) is 5.06 Å². The van der Waals surface area contributed by atoms with Crippen molar-refractivity contribution < 1.29 is 24.6 Å². The Morgan fingerprint density at radius 2 is 2.12 bits per heavy atom. The van der Waals surface area contributed by atoms with Crippen LogP contribution in [0.4, 0.5) is 0 Å². The van der Waals surface area contributed by atoms with Crippen molar-refractivity contribution in [1.82, 2.24) is 5.06 Å².